The van der Waals surface area contributed by atoms with Crippen LogP contribution in [0, 0.1) is 11.8 Å². The normalized spacial score (nSPS) is 25.0. The fraction of sp³-hybridized carbons (Fsp3) is 0.192. The van der Waals surface area contributed by atoms with E-state index in [1.807, 2.05) is 12.1 Å². The smallest absolute Gasteiger partial charge is 0.418 e. The van der Waals surface area contributed by atoms with Crippen LogP contribution in [0.1, 0.15) is 33.3 Å². The number of carbonyl (C=O) groups excluding carboxylic acids is 3. The Morgan fingerprint density at radius 3 is 2.34 bits per heavy atom. The summed E-state index contributed by atoms with van der Waals surface area (Å²) in [5.41, 5.74) is -0.0731. The zero-order valence-corrected chi connectivity index (χ0v) is 18.0. The second-order valence-corrected chi connectivity index (χ2v) is 8.70. The third kappa shape index (κ3) is 3.00. The van der Waals surface area contributed by atoms with E-state index in [0.29, 0.717) is 4.90 Å². The van der Waals surface area contributed by atoms with Gasteiger partial charge < -0.3 is 9.32 Å². The maximum Gasteiger partial charge on any atom is 0.418 e. The molecule has 3 aromatic rings. The van der Waals surface area contributed by atoms with Crippen molar-refractivity contribution in [1.29, 1.82) is 0 Å². The number of hydrogen-bond acceptors (Lipinski definition) is 5. The number of imide groups is 1. The zero-order chi connectivity index (χ0) is 24.5. The molecule has 0 spiro atoms. The standard InChI is InChI=1S/C26H17F3N2O4/c27-26(28,29)16-8-3-4-9-17(16)31-24(33)19-20(25(31)34)22(23(32)18-10-5-13-35-18)30-12-11-14-6-1-2-7-15(14)21(19)30/h1-13,19-22H/t19-,20-,21+,22+/m1/s1. The highest BCUT2D eigenvalue weighted by Gasteiger charge is 2.65. The number of ketones is 1. The minimum absolute atomic E-state index is 0.0102. The first-order chi connectivity index (χ1) is 16.8. The summed E-state index contributed by atoms with van der Waals surface area (Å²) >= 11 is 0. The molecule has 0 unspecified atom stereocenters. The predicted molar refractivity (Wildman–Crippen MR) is 118 cm³/mol. The Morgan fingerprint density at radius 2 is 1.60 bits per heavy atom. The van der Waals surface area contributed by atoms with Gasteiger partial charge in [0, 0.05) is 6.20 Å². The summed E-state index contributed by atoms with van der Waals surface area (Å²) in [6.07, 6.45) is 0.0167. The van der Waals surface area contributed by atoms with Crippen molar-refractivity contribution in [3.63, 3.8) is 0 Å². The predicted octanol–water partition coefficient (Wildman–Crippen LogP) is 4.70. The molecular weight excluding hydrogens is 461 g/mol. The van der Waals surface area contributed by atoms with E-state index in [4.69, 9.17) is 4.42 Å². The number of anilines is 1. The van der Waals surface area contributed by atoms with E-state index in [-0.39, 0.29) is 5.76 Å². The maximum absolute atomic E-state index is 13.8. The summed E-state index contributed by atoms with van der Waals surface area (Å²) in [5.74, 6) is -4.31. The van der Waals surface area contributed by atoms with Gasteiger partial charge in [-0.3, -0.25) is 14.4 Å². The SMILES string of the molecule is O=C(c1ccco1)[C@@H]1[C@@H]2C(=O)N(c3ccccc3C(F)(F)F)C(=O)[C@H]2[C@@H]2c3ccccc3C=CN12. The molecule has 176 valence electrons. The lowest BCUT2D eigenvalue weighted by Gasteiger charge is -2.35. The average molecular weight is 478 g/mol. The number of hydrogen-bond donors (Lipinski definition) is 0. The van der Waals surface area contributed by atoms with Crippen molar-refractivity contribution in [1.82, 2.24) is 4.90 Å². The molecule has 2 amide bonds. The second kappa shape index (κ2) is 7.43. The summed E-state index contributed by atoms with van der Waals surface area (Å²) in [6, 6.07) is 12.9. The van der Waals surface area contributed by atoms with Crippen LogP contribution in [0.3, 0.4) is 0 Å². The molecule has 3 aliphatic heterocycles. The van der Waals surface area contributed by atoms with Gasteiger partial charge >= 0.3 is 6.18 Å². The Balaban J connectivity index is 1.52. The second-order valence-electron chi connectivity index (χ2n) is 8.70. The van der Waals surface area contributed by atoms with E-state index in [1.165, 1.54) is 30.5 Å². The van der Waals surface area contributed by atoms with E-state index in [1.54, 1.807) is 29.3 Å². The van der Waals surface area contributed by atoms with Crippen LogP contribution in [0.2, 0.25) is 0 Å². The number of fused-ring (bicyclic) bond motifs is 5. The van der Waals surface area contributed by atoms with Crippen molar-refractivity contribution in [2.45, 2.75) is 18.3 Å². The molecule has 2 saturated heterocycles. The van der Waals surface area contributed by atoms with E-state index >= 15 is 0 Å². The first-order valence-corrected chi connectivity index (χ1v) is 11.0. The largest absolute Gasteiger partial charge is 0.461 e. The van der Waals surface area contributed by atoms with E-state index in [9.17, 15) is 27.6 Å². The molecule has 6 nitrogen and oxygen atoms in total. The third-order valence-corrected chi connectivity index (χ3v) is 6.94. The van der Waals surface area contributed by atoms with Gasteiger partial charge in [0.15, 0.2) is 5.76 Å². The van der Waals surface area contributed by atoms with Crippen LogP contribution >= 0.6 is 0 Å². The van der Waals surface area contributed by atoms with Crippen LogP contribution < -0.4 is 4.90 Å². The summed E-state index contributed by atoms with van der Waals surface area (Å²) in [5, 5.41) is 0. The van der Waals surface area contributed by atoms with Crippen molar-refractivity contribution in [3.8, 4) is 0 Å². The molecule has 2 fully saturated rings. The van der Waals surface area contributed by atoms with Crippen molar-refractivity contribution < 1.29 is 32.0 Å². The van der Waals surface area contributed by atoms with Crippen molar-refractivity contribution in [3.05, 3.63) is 95.6 Å². The molecule has 0 N–H and O–H groups in total. The molecule has 4 heterocycles. The van der Waals surface area contributed by atoms with Crippen LogP contribution in [0.15, 0.2) is 77.5 Å². The van der Waals surface area contributed by atoms with E-state index < -0.39 is 58.9 Å². The summed E-state index contributed by atoms with van der Waals surface area (Å²) in [6.45, 7) is 0. The van der Waals surface area contributed by atoms with Gasteiger partial charge in [-0.25, -0.2) is 4.90 Å². The maximum atomic E-state index is 13.8. The molecule has 3 aliphatic rings. The zero-order valence-electron chi connectivity index (χ0n) is 18.0. The first-order valence-electron chi connectivity index (χ1n) is 11.0. The van der Waals surface area contributed by atoms with Crippen LogP contribution in [0.4, 0.5) is 18.9 Å². The molecule has 0 saturated carbocycles. The Morgan fingerprint density at radius 1 is 0.886 bits per heavy atom. The number of halogens is 3. The van der Waals surface area contributed by atoms with Gasteiger partial charge in [0.1, 0.15) is 6.04 Å². The van der Waals surface area contributed by atoms with Gasteiger partial charge in [-0.1, -0.05) is 36.4 Å². The molecule has 9 heteroatoms. The highest BCUT2D eigenvalue weighted by Crippen LogP contribution is 2.54. The number of benzene rings is 2. The van der Waals surface area contributed by atoms with Crippen molar-refractivity contribution in [2.24, 2.45) is 11.8 Å². The molecule has 0 radical (unpaired) electrons. The van der Waals surface area contributed by atoms with Gasteiger partial charge in [-0.2, -0.15) is 13.2 Å². The number of amides is 2. The van der Waals surface area contributed by atoms with Gasteiger partial charge in [0.2, 0.25) is 17.6 Å². The third-order valence-electron chi connectivity index (χ3n) is 6.94. The molecule has 6 rings (SSSR count). The number of Topliss-reactive ketones (excluding diaryl/α,β-unsaturated/α-hetero) is 1. The number of para-hydroxylation sites is 1. The number of rotatable bonds is 3. The topological polar surface area (TPSA) is 70.8 Å². The van der Waals surface area contributed by atoms with E-state index in [2.05, 4.69) is 0 Å². The summed E-state index contributed by atoms with van der Waals surface area (Å²) < 4.78 is 46.6. The lowest BCUT2D eigenvalue weighted by atomic mass is 9.84. The number of nitrogens with zero attached hydrogens (tertiary/aromatic N) is 2. The van der Waals surface area contributed by atoms with Gasteiger partial charge in [0.25, 0.3) is 0 Å². The monoisotopic (exact) mass is 478 g/mol. The Labute approximate surface area is 197 Å². The minimum atomic E-state index is -4.77. The van der Waals surface area contributed by atoms with Crippen molar-refractivity contribution in [2.75, 3.05) is 4.90 Å². The molecule has 35 heavy (non-hydrogen) atoms. The number of furan rings is 1. The minimum Gasteiger partial charge on any atom is -0.461 e. The fourth-order valence-corrected chi connectivity index (χ4v) is 5.57. The Kier molecular flexibility index (Phi) is 4.54. The van der Waals surface area contributed by atoms with Crippen molar-refractivity contribution >= 4 is 29.4 Å². The van der Waals surface area contributed by atoms with Gasteiger partial charge in [-0.15, -0.1) is 0 Å². The average Bonchev–Trinajstić information content (AvgIpc) is 3.55. The fourth-order valence-electron chi connectivity index (χ4n) is 5.57. The lowest BCUT2D eigenvalue weighted by Crippen LogP contribution is -2.44. The molecule has 1 aromatic heterocycles. The van der Waals surface area contributed by atoms with E-state index in [0.717, 1.165) is 23.3 Å². The van der Waals surface area contributed by atoms with Crippen LogP contribution in [-0.4, -0.2) is 28.5 Å². The quantitative estimate of drug-likeness (QED) is 0.403. The molecule has 0 aliphatic carbocycles. The lowest BCUT2D eigenvalue weighted by molar-refractivity contribution is -0.137. The highest BCUT2D eigenvalue weighted by atomic mass is 19.4. The number of alkyl halides is 3. The van der Waals surface area contributed by atoms with Crippen LogP contribution in [-0.2, 0) is 15.8 Å². The highest BCUT2D eigenvalue weighted by molar-refractivity contribution is 6.25. The Hall–Kier alpha value is -4.14. The first kappa shape index (κ1) is 21.4. The summed E-state index contributed by atoms with van der Waals surface area (Å²) in [4.78, 5) is 43.3. The van der Waals surface area contributed by atoms with Gasteiger partial charge in [-0.05, 0) is 41.5 Å². The molecular formula is C26H17F3N2O4. The molecule has 4 atom stereocenters. The molecule has 0 bridgehead atoms. The van der Waals surface area contributed by atoms with Crippen LogP contribution in [0.25, 0.3) is 6.08 Å². The number of carbonyl (C=O) groups is 3. The molecule has 2 aromatic carbocycles. The summed E-state index contributed by atoms with van der Waals surface area (Å²) in [7, 11) is 0. The van der Waals surface area contributed by atoms with Crippen LogP contribution in [0.5, 0.6) is 0 Å². The van der Waals surface area contributed by atoms with Gasteiger partial charge in [0.05, 0.1) is 35.4 Å². The Bertz CT molecular complexity index is 1400.